The Kier molecular flexibility index (Phi) is 7.68. The highest BCUT2D eigenvalue weighted by molar-refractivity contribution is 6.74. The molecule has 3 nitrogen and oxygen atoms in total. The average Bonchev–Trinajstić information content (AvgIpc) is 2.64. The molecule has 0 aromatic carbocycles. The summed E-state index contributed by atoms with van der Waals surface area (Å²) in [6, 6.07) is 0. The van der Waals surface area contributed by atoms with Crippen LogP contribution in [0.1, 0.15) is 20.8 Å². The van der Waals surface area contributed by atoms with Crippen LogP contribution in [0, 0.1) is 0 Å². The molecular formula is C19H32O3Si. The molecule has 1 aliphatic rings. The van der Waals surface area contributed by atoms with Crippen molar-refractivity contribution in [1.29, 1.82) is 0 Å². The van der Waals surface area contributed by atoms with Gasteiger partial charge in [0.15, 0.2) is 8.32 Å². The standard InChI is InChI=1S/C19H32O3Si/c1-8-14-20-16-12-10-11-13-17(21-15-9-2)18(16)22-23(6,7)19(3,4)5/h8-13,16-18H,1-2,14-15H2,3-7H3/t16-,17+,18?. The van der Waals surface area contributed by atoms with Gasteiger partial charge in [0.25, 0.3) is 0 Å². The van der Waals surface area contributed by atoms with E-state index in [1.807, 2.05) is 24.3 Å². The minimum atomic E-state index is -1.96. The average molecular weight is 337 g/mol. The zero-order valence-corrected chi connectivity index (χ0v) is 16.2. The molecule has 130 valence electrons. The molecule has 4 heteroatoms. The van der Waals surface area contributed by atoms with Gasteiger partial charge in [0.05, 0.1) is 13.2 Å². The second-order valence-corrected chi connectivity index (χ2v) is 12.0. The van der Waals surface area contributed by atoms with Gasteiger partial charge in [-0.2, -0.15) is 0 Å². The minimum Gasteiger partial charge on any atom is -0.408 e. The van der Waals surface area contributed by atoms with Gasteiger partial charge < -0.3 is 13.9 Å². The Morgan fingerprint density at radius 3 is 1.74 bits per heavy atom. The lowest BCUT2D eigenvalue weighted by Gasteiger charge is -2.42. The topological polar surface area (TPSA) is 27.7 Å². The third-order valence-corrected chi connectivity index (χ3v) is 8.88. The fourth-order valence-corrected chi connectivity index (χ4v) is 3.37. The van der Waals surface area contributed by atoms with Gasteiger partial charge >= 0.3 is 0 Å². The predicted molar refractivity (Wildman–Crippen MR) is 100 cm³/mol. The van der Waals surface area contributed by atoms with Crippen LogP contribution in [0.2, 0.25) is 18.1 Å². The molecule has 0 aromatic heterocycles. The lowest BCUT2D eigenvalue weighted by Crippen LogP contribution is -2.51. The lowest BCUT2D eigenvalue weighted by molar-refractivity contribution is -0.0605. The van der Waals surface area contributed by atoms with E-state index in [2.05, 4.69) is 47.0 Å². The molecule has 0 saturated heterocycles. The van der Waals surface area contributed by atoms with Crippen LogP contribution < -0.4 is 0 Å². The van der Waals surface area contributed by atoms with Crippen LogP contribution in [0.25, 0.3) is 0 Å². The van der Waals surface area contributed by atoms with Crippen molar-refractivity contribution in [3.8, 4) is 0 Å². The van der Waals surface area contributed by atoms with Gasteiger partial charge in [0, 0.05) is 0 Å². The molecule has 1 rings (SSSR count). The first-order valence-electron chi connectivity index (χ1n) is 8.20. The number of allylic oxidation sites excluding steroid dienone is 2. The minimum absolute atomic E-state index is 0.124. The fourth-order valence-electron chi connectivity index (χ4n) is 2.06. The Morgan fingerprint density at radius 1 is 0.957 bits per heavy atom. The number of rotatable bonds is 8. The molecule has 0 aromatic rings. The predicted octanol–water partition coefficient (Wildman–Crippen LogP) is 4.65. The van der Waals surface area contributed by atoms with Crippen molar-refractivity contribution >= 4 is 8.32 Å². The van der Waals surface area contributed by atoms with Gasteiger partial charge in [-0.1, -0.05) is 57.2 Å². The second kappa shape index (κ2) is 8.78. The van der Waals surface area contributed by atoms with E-state index < -0.39 is 8.32 Å². The van der Waals surface area contributed by atoms with Gasteiger partial charge in [-0.05, 0) is 18.1 Å². The van der Waals surface area contributed by atoms with Crippen molar-refractivity contribution in [3.05, 3.63) is 49.6 Å². The molecule has 0 heterocycles. The SMILES string of the molecule is C=CCO[C@H]1C=CC=C[C@@H](OCC=C)C1O[Si](C)(C)C(C)(C)C. The summed E-state index contributed by atoms with van der Waals surface area (Å²) >= 11 is 0. The van der Waals surface area contributed by atoms with Gasteiger partial charge in [-0.3, -0.25) is 0 Å². The smallest absolute Gasteiger partial charge is 0.192 e. The maximum atomic E-state index is 6.66. The highest BCUT2D eigenvalue weighted by Gasteiger charge is 2.43. The van der Waals surface area contributed by atoms with Gasteiger partial charge in [0.1, 0.15) is 18.3 Å². The van der Waals surface area contributed by atoms with Crippen LogP contribution in [-0.2, 0) is 13.9 Å². The molecule has 0 saturated carbocycles. The highest BCUT2D eigenvalue weighted by atomic mass is 28.4. The summed E-state index contributed by atoms with van der Waals surface area (Å²) in [6.07, 6.45) is 11.1. The molecule has 0 N–H and O–H groups in total. The maximum Gasteiger partial charge on any atom is 0.192 e. The highest BCUT2D eigenvalue weighted by Crippen LogP contribution is 2.38. The van der Waals surface area contributed by atoms with Gasteiger partial charge in [0.2, 0.25) is 0 Å². The third kappa shape index (κ3) is 5.88. The fraction of sp³-hybridized carbons (Fsp3) is 0.579. The van der Waals surface area contributed by atoms with E-state index in [1.165, 1.54) is 0 Å². The van der Waals surface area contributed by atoms with Crippen molar-refractivity contribution in [2.45, 2.75) is 57.2 Å². The summed E-state index contributed by atoms with van der Waals surface area (Å²) < 4.78 is 18.5. The van der Waals surface area contributed by atoms with E-state index >= 15 is 0 Å². The first kappa shape index (κ1) is 20.1. The normalized spacial score (nSPS) is 25.2. The molecule has 0 bridgehead atoms. The first-order valence-corrected chi connectivity index (χ1v) is 11.1. The zero-order valence-electron chi connectivity index (χ0n) is 15.2. The number of hydrogen-bond acceptors (Lipinski definition) is 3. The van der Waals surface area contributed by atoms with Crippen LogP contribution in [0.15, 0.2) is 49.6 Å². The van der Waals surface area contributed by atoms with Crippen LogP contribution >= 0.6 is 0 Å². The van der Waals surface area contributed by atoms with E-state index in [1.54, 1.807) is 12.2 Å². The molecular weight excluding hydrogens is 304 g/mol. The van der Waals surface area contributed by atoms with Crippen molar-refractivity contribution < 1.29 is 13.9 Å². The Labute approximate surface area is 142 Å². The molecule has 0 radical (unpaired) electrons. The molecule has 0 spiro atoms. The Hall–Kier alpha value is -0.943. The summed E-state index contributed by atoms with van der Waals surface area (Å²) in [5.41, 5.74) is 0. The van der Waals surface area contributed by atoms with Crippen LogP contribution in [0.5, 0.6) is 0 Å². The summed E-state index contributed by atoms with van der Waals surface area (Å²) in [6.45, 7) is 19.7. The van der Waals surface area contributed by atoms with Crippen LogP contribution in [0.3, 0.4) is 0 Å². The summed E-state index contributed by atoms with van der Waals surface area (Å²) in [4.78, 5) is 0. The third-order valence-electron chi connectivity index (χ3n) is 4.41. The Morgan fingerprint density at radius 2 is 1.39 bits per heavy atom. The van der Waals surface area contributed by atoms with Crippen molar-refractivity contribution in [2.24, 2.45) is 0 Å². The molecule has 0 amide bonds. The molecule has 1 unspecified atom stereocenters. The molecule has 0 fully saturated rings. The van der Waals surface area contributed by atoms with Crippen molar-refractivity contribution in [2.75, 3.05) is 13.2 Å². The zero-order chi connectivity index (χ0) is 17.5. The maximum absolute atomic E-state index is 6.66. The largest absolute Gasteiger partial charge is 0.408 e. The Bertz CT molecular complexity index is 418. The van der Waals surface area contributed by atoms with Crippen LogP contribution in [-0.4, -0.2) is 39.8 Å². The van der Waals surface area contributed by atoms with E-state index in [0.29, 0.717) is 13.2 Å². The summed E-state index contributed by atoms with van der Waals surface area (Å²) in [5, 5.41) is 0.124. The summed E-state index contributed by atoms with van der Waals surface area (Å²) in [5.74, 6) is 0. The van der Waals surface area contributed by atoms with Crippen molar-refractivity contribution in [1.82, 2.24) is 0 Å². The van der Waals surface area contributed by atoms with E-state index in [-0.39, 0.29) is 23.4 Å². The summed E-state index contributed by atoms with van der Waals surface area (Å²) in [7, 11) is -1.96. The van der Waals surface area contributed by atoms with E-state index in [4.69, 9.17) is 13.9 Å². The van der Waals surface area contributed by atoms with Crippen LogP contribution in [0.4, 0.5) is 0 Å². The quantitative estimate of drug-likeness (QED) is 0.477. The Balaban J connectivity index is 3.04. The number of ether oxygens (including phenoxy) is 2. The molecule has 0 aliphatic heterocycles. The lowest BCUT2D eigenvalue weighted by atomic mass is 10.1. The monoisotopic (exact) mass is 336 g/mol. The van der Waals surface area contributed by atoms with Gasteiger partial charge in [-0.25, -0.2) is 0 Å². The van der Waals surface area contributed by atoms with Gasteiger partial charge in [-0.15, -0.1) is 13.2 Å². The van der Waals surface area contributed by atoms with E-state index in [0.717, 1.165) is 0 Å². The molecule has 23 heavy (non-hydrogen) atoms. The van der Waals surface area contributed by atoms with Crippen molar-refractivity contribution in [3.63, 3.8) is 0 Å². The molecule has 3 atom stereocenters. The van der Waals surface area contributed by atoms with E-state index in [9.17, 15) is 0 Å². The molecule has 1 aliphatic carbocycles. The first-order chi connectivity index (χ1) is 10.7. The second-order valence-electron chi connectivity index (χ2n) is 7.29. The number of hydrogen-bond donors (Lipinski definition) is 0.